The molecular formula is C13H27NO2. The minimum Gasteiger partial charge on any atom is -0.469 e. The standard InChI is InChI=1S/C13H27NO2/c1-11(2)7-5-8-12(3)14-10-6-9-13(15)16-4/h11-12,14H,5-10H2,1-4H3. The van der Waals surface area contributed by atoms with Crippen molar-refractivity contribution in [3.05, 3.63) is 0 Å². The lowest BCUT2D eigenvalue weighted by atomic mass is 10.0. The van der Waals surface area contributed by atoms with Crippen LogP contribution in [-0.4, -0.2) is 25.7 Å². The Morgan fingerprint density at radius 3 is 2.44 bits per heavy atom. The maximum absolute atomic E-state index is 10.9. The van der Waals surface area contributed by atoms with E-state index < -0.39 is 0 Å². The third kappa shape index (κ3) is 9.97. The Bertz CT molecular complexity index is 181. The first-order chi connectivity index (χ1) is 7.56. The molecule has 0 amide bonds. The number of carbonyl (C=O) groups is 1. The number of rotatable bonds is 9. The molecule has 1 unspecified atom stereocenters. The topological polar surface area (TPSA) is 38.3 Å². The summed E-state index contributed by atoms with van der Waals surface area (Å²) in [6.45, 7) is 7.62. The summed E-state index contributed by atoms with van der Waals surface area (Å²) < 4.78 is 4.58. The van der Waals surface area contributed by atoms with E-state index in [1.807, 2.05) is 0 Å². The highest BCUT2D eigenvalue weighted by Crippen LogP contribution is 2.08. The number of methoxy groups -OCH3 is 1. The molecule has 0 saturated carbocycles. The average Bonchev–Trinajstić information content (AvgIpc) is 2.23. The van der Waals surface area contributed by atoms with Crippen LogP contribution in [0.3, 0.4) is 0 Å². The number of nitrogens with one attached hydrogen (secondary N) is 1. The molecule has 0 aliphatic rings. The number of carbonyl (C=O) groups excluding carboxylic acids is 1. The SMILES string of the molecule is COC(=O)CCCNC(C)CCCC(C)C. The third-order valence-corrected chi connectivity index (χ3v) is 2.70. The Balaban J connectivity index is 3.30. The maximum Gasteiger partial charge on any atom is 0.305 e. The molecule has 3 heteroatoms. The molecule has 3 nitrogen and oxygen atoms in total. The molecule has 0 rings (SSSR count). The molecule has 1 atom stereocenters. The fourth-order valence-electron chi connectivity index (χ4n) is 1.62. The van der Waals surface area contributed by atoms with Gasteiger partial charge in [0.05, 0.1) is 7.11 Å². The van der Waals surface area contributed by atoms with Crippen molar-refractivity contribution >= 4 is 5.97 Å². The van der Waals surface area contributed by atoms with Crippen molar-refractivity contribution in [2.45, 2.75) is 58.9 Å². The fourth-order valence-corrected chi connectivity index (χ4v) is 1.62. The van der Waals surface area contributed by atoms with E-state index in [1.54, 1.807) is 0 Å². The van der Waals surface area contributed by atoms with Crippen molar-refractivity contribution in [1.82, 2.24) is 5.32 Å². The van der Waals surface area contributed by atoms with Gasteiger partial charge >= 0.3 is 5.97 Å². The second-order valence-electron chi connectivity index (χ2n) is 4.86. The lowest BCUT2D eigenvalue weighted by molar-refractivity contribution is -0.140. The average molecular weight is 229 g/mol. The van der Waals surface area contributed by atoms with E-state index in [-0.39, 0.29) is 5.97 Å². The van der Waals surface area contributed by atoms with Crippen molar-refractivity contribution < 1.29 is 9.53 Å². The molecule has 0 aliphatic carbocycles. The van der Waals surface area contributed by atoms with E-state index in [0.29, 0.717) is 12.5 Å². The monoisotopic (exact) mass is 229 g/mol. The van der Waals surface area contributed by atoms with Gasteiger partial charge in [0.15, 0.2) is 0 Å². The summed E-state index contributed by atoms with van der Waals surface area (Å²) in [6.07, 6.45) is 5.18. The van der Waals surface area contributed by atoms with Gasteiger partial charge in [-0.3, -0.25) is 4.79 Å². The predicted molar refractivity (Wildman–Crippen MR) is 67.4 cm³/mol. The van der Waals surface area contributed by atoms with Gasteiger partial charge in [0.25, 0.3) is 0 Å². The molecule has 0 aliphatic heterocycles. The molecular weight excluding hydrogens is 202 g/mol. The summed E-state index contributed by atoms with van der Waals surface area (Å²) in [5.74, 6) is 0.681. The van der Waals surface area contributed by atoms with Gasteiger partial charge in [-0.2, -0.15) is 0 Å². The predicted octanol–water partition coefficient (Wildman–Crippen LogP) is 2.74. The number of esters is 1. The molecule has 96 valence electrons. The molecule has 0 saturated heterocycles. The van der Waals surface area contributed by atoms with Gasteiger partial charge in [0, 0.05) is 12.5 Å². The summed E-state index contributed by atoms with van der Waals surface area (Å²) >= 11 is 0. The van der Waals surface area contributed by atoms with Crippen molar-refractivity contribution in [2.75, 3.05) is 13.7 Å². The van der Waals surface area contributed by atoms with Crippen LogP contribution in [0.1, 0.15) is 52.9 Å². The number of hydrogen-bond acceptors (Lipinski definition) is 3. The minimum atomic E-state index is -0.116. The second-order valence-corrected chi connectivity index (χ2v) is 4.86. The highest BCUT2D eigenvalue weighted by Gasteiger charge is 2.03. The van der Waals surface area contributed by atoms with Crippen LogP contribution in [-0.2, 0) is 9.53 Å². The first kappa shape index (κ1) is 15.4. The maximum atomic E-state index is 10.9. The van der Waals surface area contributed by atoms with E-state index >= 15 is 0 Å². The van der Waals surface area contributed by atoms with E-state index in [4.69, 9.17) is 0 Å². The van der Waals surface area contributed by atoms with Crippen LogP contribution in [0, 0.1) is 5.92 Å². The van der Waals surface area contributed by atoms with Crippen molar-refractivity contribution in [3.63, 3.8) is 0 Å². The lowest BCUT2D eigenvalue weighted by Crippen LogP contribution is -2.27. The van der Waals surface area contributed by atoms with Crippen LogP contribution in [0.2, 0.25) is 0 Å². The molecule has 0 aromatic rings. The Kier molecular flexibility index (Phi) is 9.30. The van der Waals surface area contributed by atoms with Gasteiger partial charge in [-0.05, 0) is 32.2 Å². The Hall–Kier alpha value is -0.570. The summed E-state index contributed by atoms with van der Waals surface area (Å²) in [5, 5.41) is 3.43. The van der Waals surface area contributed by atoms with Crippen LogP contribution in [0.5, 0.6) is 0 Å². The first-order valence-corrected chi connectivity index (χ1v) is 6.36. The largest absolute Gasteiger partial charge is 0.469 e. The molecule has 0 heterocycles. The molecule has 1 N–H and O–H groups in total. The molecule has 0 aromatic carbocycles. The second kappa shape index (κ2) is 9.64. The van der Waals surface area contributed by atoms with Crippen LogP contribution in [0.15, 0.2) is 0 Å². The van der Waals surface area contributed by atoms with Gasteiger partial charge in [-0.25, -0.2) is 0 Å². The highest BCUT2D eigenvalue weighted by atomic mass is 16.5. The lowest BCUT2D eigenvalue weighted by Gasteiger charge is -2.14. The van der Waals surface area contributed by atoms with E-state index in [1.165, 1.54) is 26.4 Å². The molecule has 0 fully saturated rings. The van der Waals surface area contributed by atoms with Gasteiger partial charge in [-0.1, -0.05) is 26.7 Å². The Morgan fingerprint density at radius 2 is 1.88 bits per heavy atom. The molecule has 0 aromatic heterocycles. The normalized spacial score (nSPS) is 12.8. The summed E-state index contributed by atoms with van der Waals surface area (Å²) in [5.41, 5.74) is 0. The van der Waals surface area contributed by atoms with Crippen LogP contribution >= 0.6 is 0 Å². The Morgan fingerprint density at radius 1 is 1.19 bits per heavy atom. The quantitative estimate of drug-likeness (QED) is 0.488. The summed E-state index contributed by atoms with van der Waals surface area (Å²) in [7, 11) is 1.43. The zero-order valence-corrected chi connectivity index (χ0v) is 11.2. The number of ether oxygens (including phenoxy) is 1. The zero-order chi connectivity index (χ0) is 12.4. The fraction of sp³-hybridized carbons (Fsp3) is 0.923. The van der Waals surface area contributed by atoms with E-state index in [2.05, 4.69) is 30.8 Å². The Labute approximate surface area is 99.9 Å². The van der Waals surface area contributed by atoms with Crippen LogP contribution in [0.25, 0.3) is 0 Å². The highest BCUT2D eigenvalue weighted by molar-refractivity contribution is 5.69. The molecule has 0 bridgehead atoms. The zero-order valence-electron chi connectivity index (χ0n) is 11.2. The number of hydrogen-bond donors (Lipinski definition) is 1. The van der Waals surface area contributed by atoms with Crippen molar-refractivity contribution in [1.29, 1.82) is 0 Å². The van der Waals surface area contributed by atoms with Crippen molar-refractivity contribution in [3.8, 4) is 0 Å². The van der Waals surface area contributed by atoms with Crippen LogP contribution in [0.4, 0.5) is 0 Å². The molecule has 0 radical (unpaired) electrons. The smallest absolute Gasteiger partial charge is 0.305 e. The van der Waals surface area contributed by atoms with Gasteiger partial charge in [0.2, 0.25) is 0 Å². The van der Waals surface area contributed by atoms with Gasteiger partial charge in [-0.15, -0.1) is 0 Å². The van der Waals surface area contributed by atoms with Crippen molar-refractivity contribution in [2.24, 2.45) is 5.92 Å². The van der Waals surface area contributed by atoms with E-state index in [0.717, 1.165) is 18.9 Å². The van der Waals surface area contributed by atoms with E-state index in [9.17, 15) is 4.79 Å². The summed E-state index contributed by atoms with van der Waals surface area (Å²) in [4.78, 5) is 10.9. The first-order valence-electron chi connectivity index (χ1n) is 6.36. The molecule has 0 spiro atoms. The molecule has 16 heavy (non-hydrogen) atoms. The van der Waals surface area contributed by atoms with Gasteiger partial charge in [0.1, 0.15) is 0 Å². The van der Waals surface area contributed by atoms with Gasteiger partial charge < -0.3 is 10.1 Å². The minimum absolute atomic E-state index is 0.116. The third-order valence-electron chi connectivity index (χ3n) is 2.70. The summed E-state index contributed by atoms with van der Waals surface area (Å²) in [6, 6.07) is 0.552. The van der Waals surface area contributed by atoms with Crippen LogP contribution < -0.4 is 5.32 Å².